The van der Waals surface area contributed by atoms with Gasteiger partial charge in [-0.3, -0.25) is 10.1 Å². The zero-order valence-corrected chi connectivity index (χ0v) is 19.2. The van der Waals surface area contributed by atoms with Crippen LogP contribution >= 0.6 is 34.7 Å². The summed E-state index contributed by atoms with van der Waals surface area (Å²) >= 11 is 8.67. The van der Waals surface area contributed by atoms with Gasteiger partial charge in [-0.25, -0.2) is 0 Å². The number of amides is 1. The first-order valence-electron chi connectivity index (χ1n) is 9.67. The molecular formula is C21H18ClN5O3S2. The Morgan fingerprint density at radius 2 is 2.03 bits per heavy atom. The highest BCUT2D eigenvalue weighted by Gasteiger charge is 2.18. The molecule has 11 heteroatoms. The fourth-order valence-electron chi connectivity index (χ4n) is 2.83. The fourth-order valence-corrected chi connectivity index (χ4v) is 4.57. The number of morpholine rings is 1. The quantitative estimate of drug-likeness (QED) is 0.296. The van der Waals surface area contributed by atoms with Crippen LogP contribution in [0.15, 0.2) is 51.5 Å². The maximum absolute atomic E-state index is 12.5. The average molecular weight is 488 g/mol. The molecule has 3 heterocycles. The number of ether oxygens (including phenoxy) is 1. The molecular weight excluding hydrogens is 470 g/mol. The number of nitrogens with one attached hydrogen (secondary N) is 1. The van der Waals surface area contributed by atoms with Gasteiger partial charge in [-0.1, -0.05) is 46.8 Å². The Morgan fingerprint density at radius 1 is 1.25 bits per heavy atom. The molecule has 0 atom stereocenters. The lowest BCUT2D eigenvalue weighted by atomic mass is 10.2. The Labute approximate surface area is 197 Å². The molecule has 3 aromatic rings. The molecule has 0 unspecified atom stereocenters. The summed E-state index contributed by atoms with van der Waals surface area (Å²) in [6.07, 6.45) is 1.41. The van der Waals surface area contributed by atoms with Crippen LogP contribution in [0.1, 0.15) is 11.3 Å². The van der Waals surface area contributed by atoms with Crippen molar-refractivity contribution in [2.75, 3.05) is 36.5 Å². The summed E-state index contributed by atoms with van der Waals surface area (Å²) in [6.45, 7) is 2.71. The van der Waals surface area contributed by atoms with E-state index >= 15 is 0 Å². The predicted octanol–water partition coefficient (Wildman–Crippen LogP) is 4.46. The number of benzene rings is 1. The third-order valence-electron chi connectivity index (χ3n) is 4.46. The highest BCUT2D eigenvalue weighted by atomic mass is 35.5. The molecule has 1 aromatic carbocycles. The average Bonchev–Trinajstić information content (AvgIpc) is 3.47. The van der Waals surface area contributed by atoms with E-state index in [1.165, 1.54) is 29.2 Å². The third kappa shape index (κ3) is 5.89. The lowest BCUT2D eigenvalue weighted by Crippen LogP contribution is -2.36. The van der Waals surface area contributed by atoms with Gasteiger partial charge in [-0.15, -0.1) is 10.2 Å². The van der Waals surface area contributed by atoms with E-state index < -0.39 is 5.91 Å². The molecule has 164 valence electrons. The summed E-state index contributed by atoms with van der Waals surface area (Å²) in [4.78, 5) is 14.6. The molecule has 1 fully saturated rings. The van der Waals surface area contributed by atoms with Gasteiger partial charge in [0.25, 0.3) is 5.91 Å². The first kappa shape index (κ1) is 22.4. The topological polar surface area (TPSA) is 104 Å². The van der Waals surface area contributed by atoms with Crippen LogP contribution in [0, 0.1) is 11.3 Å². The summed E-state index contributed by atoms with van der Waals surface area (Å²) < 4.78 is 11.1. The Hall–Kier alpha value is -2.84. The smallest absolute Gasteiger partial charge is 0.268 e. The van der Waals surface area contributed by atoms with Gasteiger partial charge in [-0.05, 0) is 29.8 Å². The number of aromatic nitrogens is 2. The molecule has 0 saturated carbocycles. The van der Waals surface area contributed by atoms with E-state index in [9.17, 15) is 10.1 Å². The normalized spacial score (nSPS) is 14.2. The molecule has 1 N–H and O–H groups in total. The van der Waals surface area contributed by atoms with Gasteiger partial charge in [0.1, 0.15) is 17.4 Å². The molecule has 1 aliphatic heterocycles. The summed E-state index contributed by atoms with van der Waals surface area (Å²) in [5, 5.41) is 22.6. The van der Waals surface area contributed by atoms with Crippen molar-refractivity contribution in [1.29, 1.82) is 5.26 Å². The second-order valence-electron chi connectivity index (χ2n) is 6.69. The lowest BCUT2D eigenvalue weighted by Gasteiger charge is -2.25. The van der Waals surface area contributed by atoms with Crippen molar-refractivity contribution in [2.45, 2.75) is 10.8 Å². The number of carbonyl (C=O) groups excluding carboxylic acids is 1. The van der Waals surface area contributed by atoms with Crippen LogP contribution in [0.2, 0.25) is 5.02 Å². The van der Waals surface area contributed by atoms with Gasteiger partial charge in [0.2, 0.25) is 10.3 Å². The predicted molar refractivity (Wildman–Crippen MR) is 125 cm³/mol. The minimum Gasteiger partial charge on any atom is -0.450 e. The highest BCUT2D eigenvalue weighted by molar-refractivity contribution is 7.98. The Bertz CT molecular complexity index is 1150. The van der Waals surface area contributed by atoms with Gasteiger partial charge in [0.05, 0.1) is 13.2 Å². The number of hydrogen-bond acceptors (Lipinski definition) is 9. The van der Waals surface area contributed by atoms with E-state index in [0.29, 0.717) is 45.1 Å². The summed E-state index contributed by atoms with van der Waals surface area (Å²) in [5.41, 5.74) is 1.02. The molecule has 32 heavy (non-hydrogen) atoms. The van der Waals surface area contributed by atoms with Crippen LogP contribution in [-0.2, 0) is 15.3 Å². The van der Waals surface area contributed by atoms with Crippen molar-refractivity contribution in [1.82, 2.24) is 10.2 Å². The molecule has 1 aliphatic rings. The molecule has 0 aliphatic carbocycles. The van der Waals surface area contributed by atoms with Crippen molar-refractivity contribution in [3.8, 4) is 6.07 Å². The maximum Gasteiger partial charge on any atom is 0.268 e. The van der Waals surface area contributed by atoms with Crippen LogP contribution in [-0.4, -0.2) is 42.4 Å². The number of thioether (sulfide) groups is 1. The molecule has 4 rings (SSSR count). The van der Waals surface area contributed by atoms with Crippen LogP contribution in [0.3, 0.4) is 0 Å². The standard InChI is InChI=1S/C21H18ClN5O3S2/c22-16-3-1-14(2-4-16)13-31-18-6-5-17(30-18)11-15(12-23)19(28)24-20-25-26-21(32-20)27-7-9-29-10-8-27/h1-6,11H,7-10,13H2,(H,24,25,28)/b15-11-. The van der Waals surface area contributed by atoms with Gasteiger partial charge in [0.15, 0.2) is 5.09 Å². The molecule has 0 bridgehead atoms. The van der Waals surface area contributed by atoms with Crippen LogP contribution in [0.5, 0.6) is 0 Å². The van der Waals surface area contributed by atoms with Gasteiger partial charge in [0, 0.05) is 29.9 Å². The monoisotopic (exact) mass is 487 g/mol. The second-order valence-corrected chi connectivity index (χ2v) is 9.06. The fraction of sp³-hybridized carbons (Fsp3) is 0.238. The minimum absolute atomic E-state index is 0.0864. The Morgan fingerprint density at radius 3 is 2.78 bits per heavy atom. The minimum atomic E-state index is -0.566. The zero-order chi connectivity index (χ0) is 22.3. The molecule has 1 amide bonds. The number of anilines is 2. The molecule has 0 radical (unpaired) electrons. The van der Waals surface area contributed by atoms with Crippen molar-refractivity contribution >= 4 is 56.9 Å². The molecule has 8 nitrogen and oxygen atoms in total. The lowest BCUT2D eigenvalue weighted by molar-refractivity contribution is -0.112. The Kier molecular flexibility index (Phi) is 7.44. The zero-order valence-electron chi connectivity index (χ0n) is 16.8. The largest absolute Gasteiger partial charge is 0.450 e. The van der Waals surface area contributed by atoms with E-state index in [1.807, 2.05) is 35.2 Å². The van der Waals surface area contributed by atoms with Gasteiger partial charge >= 0.3 is 0 Å². The number of rotatable bonds is 7. The van der Waals surface area contributed by atoms with Gasteiger partial charge in [-0.2, -0.15) is 5.26 Å². The summed E-state index contributed by atoms with van der Waals surface area (Å²) in [6, 6.07) is 13.0. The van der Waals surface area contributed by atoms with Crippen LogP contribution < -0.4 is 10.2 Å². The number of carbonyl (C=O) groups is 1. The highest BCUT2D eigenvalue weighted by Crippen LogP contribution is 2.27. The number of halogens is 1. The van der Waals surface area contributed by atoms with Crippen LogP contribution in [0.25, 0.3) is 6.08 Å². The van der Waals surface area contributed by atoms with Crippen molar-refractivity contribution < 1.29 is 13.9 Å². The van der Waals surface area contributed by atoms with E-state index in [-0.39, 0.29) is 5.57 Å². The summed E-state index contributed by atoms with van der Waals surface area (Å²) in [5.74, 6) is 0.563. The second kappa shape index (κ2) is 10.7. The SMILES string of the molecule is N#C/C(=C/c1ccc(SCc2ccc(Cl)cc2)o1)C(=O)Nc1nnc(N2CCOCC2)s1. The molecule has 2 aromatic heterocycles. The molecule has 1 saturated heterocycles. The van der Waals surface area contributed by atoms with E-state index in [2.05, 4.69) is 15.5 Å². The number of nitrogens with zero attached hydrogens (tertiary/aromatic N) is 4. The first-order valence-corrected chi connectivity index (χ1v) is 11.8. The maximum atomic E-state index is 12.5. The number of nitriles is 1. The van der Waals surface area contributed by atoms with E-state index in [0.717, 1.165) is 18.7 Å². The van der Waals surface area contributed by atoms with E-state index in [1.54, 1.807) is 12.1 Å². The van der Waals surface area contributed by atoms with E-state index in [4.69, 9.17) is 20.8 Å². The van der Waals surface area contributed by atoms with Crippen LogP contribution in [0.4, 0.5) is 10.3 Å². The first-order chi connectivity index (χ1) is 15.6. The van der Waals surface area contributed by atoms with Gasteiger partial charge < -0.3 is 14.1 Å². The Balaban J connectivity index is 1.36. The molecule has 0 spiro atoms. The number of furan rings is 1. The third-order valence-corrected chi connectivity index (χ3v) is 6.60. The van der Waals surface area contributed by atoms with Crippen molar-refractivity contribution in [2.24, 2.45) is 0 Å². The number of hydrogen-bond donors (Lipinski definition) is 1. The summed E-state index contributed by atoms with van der Waals surface area (Å²) in [7, 11) is 0. The van der Waals surface area contributed by atoms with Crippen molar-refractivity contribution in [3.63, 3.8) is 0 Å². The van der Waals surface area contributed by atoms with Crippen molar-refractivity contribution in [3.05, 3.63) is 58.3 Å².